The first-order valence-electron chi connectivity index (χ1n) is 27.1. The van der Waals surface area contributed by atoms with Crippen molar-refractivity contribution in [2.45, 2.75) is 82.7 Å². The van der Waals surface area contributed by atoms with Crippen molar-refractivity contribution in [1.82, 2.24) is 0 Å². The molecule has 19 heteroatoms. The molecular formula is C61H86Cl2N2O15. The van der Waals surface area contributed by atoms with E-state index in [1.54, 1.807) is 71.1 Å². The van der Waals surface area contributed by atoms with Gasteiger partial charge < -0.3 is 95.4 Å². The van der Waals surface area contributed by atoms with E-state index >= 15 is 0 Å². The van der Waals surface area contributed by atoms with Gasteiger partial charge in [0.15, 0.2) is 46.0 Å². The monoisotopic (exact) mass is 1160 g/mol. The predicted molar refractivity (Wildman–Crippen MR) is 298 cm³/mol. The first kappa shape index (κ1) is 66.5. The lowest BCUT2D eigenvalue weighted by molar-refractivity contribution is -0.941. The summed E-state index contributed by atoms with van der Waals surface area (Å²) in [5.41, 5.74) is 7.03. The number of fused-ring (bicyclic) bond motifs is 2. The van der Waals surface area contributed by atoms with E-state index in [1.807, 2.05) is 36.4 Å². The van der Waals surface area contributed by atoms with E-state index in [2.05, 4.69) is 38.4 Å². The number of methoxy groups -OCH3 is 10. The minimum atomic E-state index is -0.257. The molecule has 0 aromatic heterocycles. The van der Waals surface area contributed by atoms with Crippen LogP contribution in [0.25, 0.3) is 0 Å². The lowest BCUT2D eigenvalue weighted by atomic mass is 9.86. The van der Waals surface area contributed by atoms with E-state index in [0.29, 0.717) is 110 Å². The van der Waals surface area contributed by atoms with E-state index in [4.69, 9.17) is 61.6 Å². The van der Waals surface area contributed by atoms with Gasteiger partial charge in [0.05, 0.1) is 131 Å². The zero-order valence-corrected chi connectivity index (χ0v) is 50.6. The Labute approximate surface area is 486 Å². The number of hydrogen-bond donors (Lipinski definition) is 0. The molecule has 2 heterocycles. The Balaban J connectivity index is 0.00000689. The van der Waals surface area contributed by atoms with Crippen molar-refractivity contribution in [2.75, 3.05) is 138 Å². The van der Waals surface area contributed by atoms with Crippen LogP contribution in [0.2, 0.25) is 0 Å². The predicted octanol–water partition coefficient (Wildman–Crippen LogP) is 3.44. The number of halogens is 2. The molecule has 80 heavy (non-hydrogen) atoms. The summed E-state index contributed by atoms with van der Waals surface area (Å²) in [7, 11) is 21.0. The first-order valence-corrected chi connectivity index (χ1v) is 27.1. The number of likely N-dealkylation sites (N-methyl/N-ethyl adjacent to an activating group) is 2. The minimum absolute atomic E-state index is 0. The third-order valence-corrected chi connectivity index (χ3v) is 15.5. The summed E-state index contributed by atoms with van der Waals surface area (Å²) in [4.78, 5) is 25.3. The first-order chi connectivity index (χ1) is 37.7. The Kier molecular flexibility index (Phi) is 27.0. The van der Waals surface area contributed by atoms with Crippen LogP contribution >= 0.6 is 0 Å². The fourth-order valence-corrected chi connectivity index (χ4v) is 11.2. The average molecular weight is 1160 g/mol. The van der Waals surface area contributed by atoms with Gasteiger partial charge in [-0.15, -0.1) is 0 Å². The number of esters is 2. The number of allylic oxidation sites excluding steroid dienone is 2. The molecule has 0 spiro atoms. The van der Waals surface area contributed by atoms with Crippen LogP contribution in [0.15, 0.2) is 60.7 Å². The highest BCUT2D eigenvalue weighted by atomic mass is 35.5. The lowest BCUT2D eigenvalue weighted by Gasteiger charge is -2.46. The summed E-state index contributed by atoms with van der Waals surface area (Å²) in [6, 6.07) is 16.7. The van der Waals surface area contributed by atoms with Gasteiger partial charge in [0.25, 0.3) is 0 Å². The van der Waals surface area contributed by atoms with Gasteiger partial charge in [0, 0.05) is 75.5 Å². The molecule has 0 fully saturated rings. The highest BCUT2D eigenvalue weighted by molar-refractivity contribution is 5.70. The van der Waals surface area contributed by atoms with E-state index in [-0.39, 0.29) is 61.7 Å². The van der Waals surface area contributed by atoms with Crippen molar-refractivity contribution in [3.8, 4) is 57.5 Å². The molecule has 0 N–H and O–H groups in total. The molecule has 6 rings (SSSR count). The standard InChI is InChI=1S/C61H86N2O15.2ClH/c1-62(26-22-44-38-50(66-3)52(68-5)40-46(44)48(62)32-42-34-54(70-7)60(74-11)55(35-42)71-8)24-17-28-76-29-19-31-78-59(65)21-16-14-13-15-20-58(64)77-30-18-25-63(2)27-23-45-39-51(67-4)53(69-6)41-47(45)49(63)33-43-36-56(72-9)61(75-12)57(37-43)73-10;;/h13-14,34-41,48-49H,15-33H2,1-12H3;2*1H/q+2;;/p-2/b14-13+;;/t48-,49-,62?,63?;;/m1../s1. The van der Waals surface area contributed by atoms with Crippen molar-refractivity contribution in [1.29, 1.82) is 0 Å². The zero-order valence-electron chi connectivity index (χ0n) is 49.1. The van der Waals surface area contributed by atoms with Gasteiger partial charge in [-0.3, -0.25) is 9.59 Å². The molecule has 0 bridgehead atoms. The van der Waals surface area contributed by atoms with Crippen LogP contribution in [0.5, 0.6) is 57.5 Å². The summed E-state index contributed by atoms with van der Waals surface area (Å²) in [5.74, 6) is 5.90. The van der Waals surface area contributed by atoms with Crippen molar-refractivity contribution < 1.29 is 105 Å². The van der Waals surface area contributed by atoms with Crippen molar-refractivity contribution in [3.05, 3.63) is 94.1 Å². The van der Waals surface area contributed by atoms with Gasteiger partial charge in [-0.2, -0.15) is 0 Å². The highest BCUT2D eigenvalue weighted by Crippen LogP contribution is 2.47. The van der Waals surface area contributed by atoms with E-state index in [9.17, 15) is 9.59 Å². The quantitative estimate of drug-likeness (QED) is 0.0304. The minimum Gasteiger partial charge on any atom is -1.00 e. The molecule has 2 aliphatic rings. The van der Waals surface area contributed by atoms with Crippen LogP contribution in [-0.4, -0.2) is 159 Å². The number of ether oxygens (including phenoxy) is 13. The number of nitrogens with zero attached hydrogens (tertiary/aromatic N) is 2. The molecule has 4 atom stereocenters. The number of carbonyl (C=O) groups excluding carboxylic acids is 2. The fraction of sp³-hybridized carbons (Fsp3) is 0.541. The maximum atomic E-state index is 12.8. The number of rotatable bonds is 32. The number of benzene rings is 4. The summed E-state index contributed by atoms with van der Waals surface area (Å²) >= 11 is 0. The van der Waals surface area contributed by atoms with Crippen LogP contribution in [0.1, 0.15) is 90.4 Å². The number of hydrogen-bond acceptors (Lipinski definition) is 15. The molecule has 4 aromatic rings. The Morgan fingerprint density at radius 3 is 1.15 bits per heavy atom. The van der Waals surface area contributed by atoms with Crippen LogP contribution in [-0.2, 0) is 49.5 Å². The second-order valence-corrected chi connectivity index (χ2v) is 20.3. The second-order valence-electron chi connectivity index (χ2n) is 20.3. The zero-order chi connectivity index (χ0) is 56.2. The molecule has 0 amide bonds. The van der Waals surface area contributed by atoms with Crippen molar-refractivity contribution in [2.24, 2.45) is 0 Å². The molecule has 2 aliphatic heterocycles. The number of quaternary nitrogens is 2. The summed E-state index contributed by atoms with van der Waals surface area (Å²) < 4.78 is 75.7. The third-order valence-electron chi connectivity index (χ3n) is 15.5. The molecular weight excluding hydrogens is 1070 g/mol. The molecule has 4 aromatic carbocycles. The lowest BCUT2D eigenvalue weighted by Crippen LogP contribution is -3.00. The summed E-state index contributed by atoms with van der Waals surface area (Å²) in [6.07, 6.45) is 10.8. The maximum absolute atomic E-state index is 12.8. The topological polar surface area (TPSA) is 154 Å². The van der Waals surface area contributed by atoms with Gasteiger partial charge in [-0.05, 0) is 83.6 Å². The Hall–Kier alpha value is -5.98. The van der Waals surface area contributed by atoms with Crippen LogP contribution in [0.4, 0.5) is 0 Å². The molecule has 0 saturated carbocycles. The van der Waals surface area contributed by atoms with Gasteiger partial charge in [0.2, 0.25) is 11.5 Å². The van der Waals surface area contributed by atoms with Crippen LogP contribution in [0, 0.1) is 0 Å². The molecule has 2 unspecified atom stereocenters. The van der Waals surface area contributed by atoms with Gasteiger partial charge in [0.1, 0.15) is 12.1 Å². The second kappa shape index (κ2) is 32.5. The molecule has 0 radical (unpaired) electrons. The molecule has 0 saturated heterocycles. The highest BCUT2D eigenvalue weighted by Gasteiger charge is 2.42. The van der Waals surface area contributed by atoms with Gasteiger partial charge >= 0.3 is 11.9 Å². The van der Waals surface area contributed by atoms with E-state index in [1.165, 1.54) is 22.3 Å². The van der Waals surface area contributed by atoms with Crippen LogP contribution in [0.3, 0.4) is 0 Å². The normalized spacial score (nSPS) is 18.1. The molecule has 0 aliphatic carbocycles. The largest absolute Gasteiger partial charge is 1.00 e. The van der Waals surface area contributed by atoms with Crippen molar-refractivity contribution in [3.63, 3.8) is 0 Å². The Morgan fingerprint density at radius 2 is 0.787 bits per heavy atom. The maximum Gasteiger partial charge on any atom is 0.306 e. The third kappa shape index (κ3) is 16.8. The van der Waals surface area contributed by atoms with E-state index in [0.717, 1.165) is 77.7 Å². The Bertz CT molecular complexity index is 2600. The van der Waals surface area contributed by atoms with Crippen molar-refractivity contribution >= 4 is 11.9 Å². The van der Waals surface area contributed by atoms with E-state index < -0.39 is 0 Å². The molecule has 17 nitrogen and oxygen atoms in total. The fourth-order valence-electron chi connectivity index (χ4n) is 11.2. The van der Waals surface area contributed by atoms with Gasteiger partial charge in [-0.25, -0.2) is 0 Å². The smallest absolute Gasteiger partial charge is 0.306 e. The number of carbonyl (C=O) groups is 2. The summed E-state index contributed by atoms with van der Waals surface area (Å²) in [6.45, 7) is 5.25. The SMILES string of the molecule is COc1cc2c(cc1OC)[C@@H](Cc1cc(OC)c(OC)c(OC)c1)[N+](C)(CCCOCCCOC(=O)CC/C=C/CCC(=O)OCCC[N+]1(C)CCc3cc(OC)c(OC)cc3[C@H]1Cc1cc(OC)c(OC)c(OC)c1)CC2.[Cl-].[Cl-]. The van der Waals surface area contributed by atoms with Crippen LogP contribution < -0.4 is 72.2 Å². The average Bonchev–Trinajstić information content (AvgIpc) is 3.50. The van der Waals surface area contributed by atoms with Gasteiger partial charge in [-0.1, -0.05) is 12.2 Å². The Morgan fingerprint density at radius 1 is 0.450 bits per heavy atom. The molecule has 444 valence electrons. The summed E-state index contributed by atoms with van der Waals surface area (Å²) in [5, 5.41) is 0.